The lowest BCUT2D eigenvalue weighted by Crippen LogP contribution is -2.52. The molecule has 1 unspecified atom stereocenters. The molecule has 0 bridgehead atoms. The van der Waals surface area contributed by atoms with E-state index in [4.69, 9.17) is 9.47 Å². The van der Waals surface area contributed by atoms with Crippen LogP contribution in [0.1, 0.15) is 26.3 Å². The molecule has 0 aromatic heterocycles. The number of hydrogen-bond acceptors (Lipinski definition) is 5. The summed E-state index contributed by atoms with van der Waals surface area (Å²) in [6, 6.07) is 5.46. The minimum atomic E-state index is -2.93. The predicted molar refractivity (Wildman–Crippen MR) is 131 cm³/mol. The van der Waals surface area contributed by atoms with Gasteiger partial charge in [0.1, 0.15) is 0 Å². The summed E-state index contributed by atoms with van der Waals surface area (Å²) in [6.45, 7) is 9.30. The second kappa shape index (κ2) is 14.6. The fourth-order valence-corrected chi connectivity index (χ4v) is 3.32. The van der Waals surface area contributed by atoms with E-state index in [-0.39, 0.29) is 36.3 Å². The molecular formula is C21H36F2IN5O2. The Labute approximate surface area is 201 Å². The number of alkyl halides is 2. The van der Waals surface area contributed by atoms with E-state index in [1.165, 1.54) is 0 Å². The zero-order valence-corrected chi connectivity index (χ0v) is 21.2. The third-order valence-electron chi connectivity index (χ3n) is 5.05. The first kappa shape index (κ1) is 27.6. The highest BCUT2D eigenvalue weighted by Crippen LogP contribution is 2.33. The average molecular weight is 555 g/mol. The van der Waals surface area contributed by atoms with Gasteiger partial charge in [-0.2, -0.15) is 8.78 Å². The van der Waals surface area contributed by atoms with E-state index in [1.807, 2.05) is 6.92 Å². The number of halogens is 3. The molecule has 0 saturated carbocycles. The van der Waals surface area contributed by atoms with Crippen molar-refractivity contribution in [2.75, 3.05) is 52.9 Å². The summed E-state index contributed by atoms with van der Waals surface area (Å²) in [5.74, 6) is 0.982. The molecule has 1 aromatic carbocycles. The van der Waals surface area contributed by atoms with E-state index in [2.05, 4.69) is 39.4 Å². The topological polar surface area (TPSA) is 61.4 Å². The fraction of sp³-hybridized carbons (Fsp3) is 0.667. The molecule has 1 aromatic rings. The number of nitrogens with one attached hydrogen (secondary N) is 2. The normalized spacial score (nSPS) is 16.5. The van der Waals surface area contributed by atoms with Crippen molar-refractivity contribution in [2.45, 2.75) is 40.0 Å². The molecule has 1 aliphatic rings. The van der Waals surface area contributed by atoms with Crippen molar-refractivity contribution in [1.82, 2.24) is 20.4 Å². The second-order valence-electron chi connectivity index (χ2n) is 7.32. The van der Waals surface area contributed by atoms with Gasteiger partial charge in [-0.3, -0.25) is 4.90 Å². The van der Waals surface area contributed by atoms with Crippen LogP contribution in [0.5, 0.6) is 11.5 Å². The minimum Gasteiger partial charge on any atom is -0.490 e. The summed E-state index contributed by atoms with van der Waals surface area (Å²) in [6.07, 6.45) is 0. The summed E-state index contributed by atoms with van der Waals surface area (Å²) < 4.78 is 36.0. The van der Waals surface area contributed by atoms with Gasteiger partial charge in [0, 0.05) is 50.9 Å². The number of nitrogens with zero attached hydrogens (tertiary/aromatic N) is 3. The van der Waals surface area contributed by atoms with Crippen molar-refractivity contribution in [3.63, 3.8) is 0 Å². The van der Waals surface area contributed by atoms with Crippen LogP contribution in [-0.2, 0) is 6.54 Å². The van der Waals surface area contributed by atoms with Crippen molar-refractivity contribution in [1.29, 1.82) is 0 Å². The lowest BCUT2D eigenvalue weighted by molar-refractivity contribution is -0.0520. The molecule has 1 saturated heterocycles. The highest BCUT2D eigenvalue weighted by Gasteiger charge is 2.19. The van der Waals surface area contributed by atoms with Crippen molar-refractivity contribution >= 4 is 29.9 Å². The van der Waals surface area contributed by atoms with Gasteiger partial charge in [0.2, 0.25) is 0 Å². The third kappa shape index (κ3) is 9.32. The van der Waals surface area contributed by atoms with Crippen LogP contribution in [0, 0.1) is 0 Å². The van der Waals surface area contributed by atoms with Crippen molar-refractivity contribution in [3.8, 4) is 11.5 Å². The highest BCUT2D eigenvalue weighted by molar-refractivity contribution is 14.0. The summed E-state index contributed by atoms with van der Waals surface area (Å²) in [5.41, 5.74) is 0.547. The van der Waals surface area contributed by atoms with Gasteiger partial charge in [0.25, 0.3) is 0 Å². The molecule has 0 aliphatic carbocycles. The molecule has 1 heterocycles. The summed E-state index contributed by atoms with van der Waals surface area (Å²) >= 11 is 0. The summed E-state index contributed by atoms with van der Waals surface area (Å²) in [7, 11) is 2.14. The number of rotatable bonds is 10. The molecule has 1 fully saturated rings. The molecule has 31 heavy (non-hydrogen) atoms. The molecule has 0 spiro atoms. The highest BCUT2D eigenvalue weighted by atomic mass is 127. The zero-order chi connectivity index (χ0) is 21.9. The Bertz CT molecular complexity index is 673. The van der Waals surface area contributed by atoms with E-state index in [0.717, 1.165) is 32.7 Å². The van der Waals surface area contributed by atoms with Crippen LogP contribution in [0.4, 0.5) is 8.78 Å². The van der Waals surface area contributed by atoms with Crippen LogP contribution in [0.3, 0.4) is 0 Å². The van der Waals surface area contributed by atoms with Gasteiger partial charge >= 0.3 is 6.61 Å². The molecule has 10 heteroatoms. The molecule has 2 N–H and O–H groups in total. The van der Waals surface area contributed by atoms with Gasteiger partial charge in [-0.15, -0.1) is 24.0 Å². The maximum atomic E-state index is 12.9. The molecule has 1 atom stereocenters. The number of benzene rings is 1. The van der Waals surface area contributed by atoms with Gasteiger partial charge in [0.05, 0.1) is 13.2 Å². The molecular weight excluding hydrogens is 519 g/mol. The maximum absolute atomic E-state index is 12.9. The number of aliphatic imine (C=N–C) groups is 1. The van der Waals surface area contributed by atoms with Crippen molar-refractivity contribution in [2.24, 2.45) is 4.99 Å². The first-order valence-electron chi connectivity index (χ1n) is 10.6. The summed E-state index contributed by atoms with van der Waals surface area (Å²) in [5, 5.41) is 6.57. The van der Waals surface area contributed by atoms with Crippen molar-refractivity contribution in [3.05, 3.63) is 23.8 Å². The monoisotopic (exact) mass is 555 g/mol. The van der Waals surface area contributed by atoms with Gasteiger partial charge in [-0.25, -0.2) is 4.99 Å². The first-order chi connectivity index (χ1) is 14.4. The van der Waals surface area contributed by atoms with E-state index >= 15 is 0 Å². The van der Waals surface area contributed by atoms with E-state index < -0.39 is 6.61 Å². The SMILES string of the molecule is CCNC(=NCc1cccc(OCC)c1OC(F)F)NCC(C)N1CCN(C)CC1.I. The van der Waals surface area contributed by atoms with Crippen LogP contribution in [0.15, 0.2) is 23.2 Å². The summed E-state index contributed by atoms with van der Waals surface area (Å²) in [4.78, 5) is 9.36. The molecule has 7 nitrogen and oxygen atoms in total. The molecule has 1 aliphatic heterocycles. The van der Waals surface area contributed by atoms with E-state index in [0.29, 0.717) is 36.5 Å². The third-order valence-corrected chi connectivity index (χ3v) is 5.05. The Morgan fingerprint density at radius 1 is 1.16 bits per heavy atom. The van der Waals surface area contributed by atoms with E-state index in [1.54, 1.807) is 25.1 Å². The number of para-hydroxylation sites is 1. The van der Waals surface area contributed by atoms with Gasteiger partial charge in [0.15, 0.2) is 17.5 Å². The first-order valence-corrected chi connectivity index (χ1v) is 10.6. The minimum absolute atomic E-state index is 0. The Morgan fingerprint density at radius 3 is 2.48 bits per heavy atom. The zero-order valence-electron chi connectivity index (χ0n) is 18.9. The Balaban J connectivity index is 0.00000480. The number of piperazine rings is 1. The quantitative estimate of drug-likeness (QED) is 0.263. The lowest BCUT2D eigenvalue weighted by Gasteiger charge is -2.36. The smallest absolute Gasteiger partial charge is 0.387 e. The molecule has 178 valence electrons. The van der Waals surface area contributed by atoms with Crippen LogP contribution in [0.25, 0.3) is 0 Å². The molecule has 0 amide bonds. The number of likely N-dealkylation sites (N-methyl/N-ethyl adjacent to an activating group) is 1. The van der Waals surface area contributed by atoms with Crippen LogP contribution in [-0.4, -0.2) is 81.3 Å². The number of ether oxygens (including phenoxy) is 2. The second-order valence-corrected chi connectivity index (χ2v) is 7.32. The Kier molecular flexibility index (Phi) is 13.0. The van der Waals surface area contributed by atoms with Gasteiger partial charge in [-0.1, -0.05) is 12.1 Å². The molecule has 0 radical (unpaired) electrons. The number of guanidine groups is 1. The van der Waals surface area contributed by atoms with E-state index in [9.17, 15) is 8.78 Å². The maximum Gasteiger partial charge on any atom is 0.387 e. The van der Waals surface area contributed by atoms with Gasteiger partial charge in [-0.05, 0) is 33.9 Å². The Morgan fingerprint density at radius 2 is 1.87 bits per heavy atom. The largest absolute Gasteiger partial charge is 0.490 e. The standard InChI is InChI=1S/C21H35F2N5O2.HI/c1-5-24-21(25-14-16(3)28-12-10-27(4)11-13-28)26-15-17-8-7-9-18(29-6-2)19(17)30-20(22)23;/h7-9,16,20H,5-6,10-15H2,1-4H3,(H2,24,25,26);1H. The fourth-order valence-electron chi connectivity index (χ4n) is 3.32. The predicted octanol–water partition coefficient (Wildman–Crippen LogP) is 3.00. The van der Waals surface area contributed by atoms with Crippen LogP contribution < -0.4 is 20.1 Å². The van der Waals surface area contributed by atoms with Crippen LogP contribution in [0.2, 0.25) is 0 Å². The number of hydrogen-bond donors (Lipinski definition) is 2. The Hall–Kier alpha value is -1.40. The average Bonchev–Trinajstić information content (AvgIpc) is 2.72. The lowest BCUT2D eigenvalue weighted by atomic mass is 10.2. The van der Waals surface area contributed by atoms with Crippen LogP contribution >= 0.6 is 24.0 Å². The molecule has 2 rings (SSSR count). The van der Waals surface area contributed by atoms with Gasteiger partial charge < -0.3 is 25.0 Å². The van der Waals surface area contributed by atoms with Crippen molar-refractivity contribution < 1.29 is 18.3 Å².